The minimum absolute atomic E-state index is 0.00956. The lowest BCUT2D eigenvalue weighted by molar-refractivity contribution is 0.286. The van der Waals surface area contributed by atoms with E-state index in [4.69, 9.17) is 25.4 Å². The molecule has 5 nitrogen and oxygen atoms in total. The Bertz CT molecular complexity index is 619. The Balaban J connectivity index is 2.20. The lowest BCUT2D eigenvalue weighted by Gasteiger charge is -2.14. The maximum Gasteiger partial charge on any atom is 0.129 e. The van der Waals surface area contributed by atoms with E-state index in [9.17, 15) is 0 Å². The van der Waals surface area contributed by atoms with Crippen molar-refractivity contribution in [3.8, 4) is 17.2 Å². The van der Waals surface area contributed by atoms with Gasteiger partial charge < -0.3 is 19.9 Å². The van der Waals surface area contributed by atoms with Crippen molar-refractivity contribution in [3.05, 3.63) is 53.6 Å². The van der Waals surface area contributed by atoms with Gasteiger partial charge in [0.2, 0.25) is 0 Å². The maximum atomic E-state index is 7.44. The molecule has 0 heterocycles. The summed E-state index contributed by atoms with van der Waals surface area (Å²) in [5, 5.41) is 7.44. The fraction of sp³-hybridized carbons (Fsp3) is 0.188. The first-order valence-electron chi connectivity index (χ1n) is 6.43. The van der Waals surface area contributed by atoms with Gasteiger partial charge in [-0.05, 0) is 24.3 Å². The standard InChI is InChI=1S/C16H18N2O3/c1-19-14-7-4-8-15(20-2)13(14)10-21-12-6-3-5-11(9-12)16(17)18/h3-9H,10H2,1-2H3,(H3,17,18). The van der Waals surface area contributed by atoms with Crippen molar-refractivity contribution in [3.63, 3.8) is 0 Å². The van der Waals surface area contributed by atoms with E-state index in [-0.39, 0.29) is 5.84 Å². The molecule has 0 aliphatic heterocycles. The minimum atomic E-state index is 0.00956. The Morgan fingerprint density at radius 3 is 2.24 bits per heavy atom. The third-order valence-corrected chi connectivity index (χ3v) is 3.06. The van der Waals surface area contributed by atoms with Crippen LogP contribution in [0.4, 0.5) is 0 Å². The van der Waals surface area contributed by atoms with Gasteiger partial charge in [0.1, 0.15) is 29.7 Å². The Labute approximate surface area is 123 Å². The number of nitrogens with two attached hydrogens (primary N) is 1. The molecule has 2 aromatic rings. The van der Waals surface area contributed by atoms with Crippen LogP contribution >= 0.6 is 0 Å². The summed E-state index contributed by atoms with van der Waals surface area (Å²) < 4.78 is 16.4. The molecule has 3 N–H and O–H groups in total. The van der Waals surface area contributed by atoms with Crippen LogP contribution in [0.5, 0.6) is 17.2 Å². The fourth-order valence-electron chi connectivity index (χ4n) is 1.98. The monoisotopic (exact) mass is 286 g/mol. The fourth-order valence-corrected chi connectivity index (χ4v) is 1.98. The zero-order chi connectivity index (χ0) is 15.2. The zero-order valence-electron chi connectivity index (χ0n) is 12.1. The molecule has 0 aromatic heterocycles. The van der Waals surface area contributed by atoms with E-state index < -0.39 is 0 Å². The average molecular weight is 286 g/mol. The normalized spacial score (nSPS) is 10.0. The highest BCUT2D eigenvalue weighted by molar-refractivity contribution is 5.95. The van der Waals surface area contributed by atoms with Crippen LogP contribution in [0.1, 0.15) is 11.1 Å². The molecule has 0 radical (unpaired) electrons. The van der Waals surface area contributed by atoms with E-state index in [0.717, 1.165) is 5.56 Å². The van der Waals surface area contributed by atoms with Gasteiger partial charge in [0.05, 0.1) is 19.8 Å². The lowest BCUT2D eigenvalue weighted by Crippen LogP contribution is -2.11. The van der Waals surface area contributed by atoms with Gasteiger partial charge >= 0.3 is 0 Å². The molecule has 0 spiro atoms. The van der Waals surface area contributed by atoms with Crippen molar-refractivity contribution < 1.29 is 14.2 Å². The topological polar surface area (TPSA) is 77.6 Å². The summed E-state index contributed by atoms with van der Waals surface area (Å²) in [4.78, 5) is 0. The Hall–Kier alpha value is -2.69. The lowest BCUT2D eigenvalue weighted by atomic mass is 10.2. The molecule has 2 aromatic carbocycles. The predicted molar refractivity (Wildman–Crippen MR) is 81.3 cm³/mol. The van der Waals surface area contributed by atoms with Gasteiger partial charge in [-0.15, -0.1) is 0 Å². The SMILES string of the molecule is COc1cccc(OC)c1COc1cccc(C(=N)N)c1. The molecule has 2 rings (SSSR count). The predicted octanol–water partition coefficient (Wildman–Crippen LogP) is 2.57. The smallest absolute Gasteiger partial charge is 0.129 e. The molecule has 0 atom stereocenters. The van der Waals surface area contributed by atoms with Crippen molar-refractivity contribution in [2.24, 2.45) is 5.73 Å². The Morgan fingerprint density at radius 1 is 1.05 bits per heavy atom. The van der Waals surface area contributed by atoms with Gasteiger partial charge in [-0.3, -0.25) is 5.41 Å². The number of benzene rings is 2. The quantitative estimate of drug-likeness (QED) is 0.632. The molecule has 0 aliphatic rings. The van der Waals surface area contributed by atoms with Crippen molar-refractivity contribution in [1.82, 2.24) is 0 Å². The van der Waals surface area contributed by atoms with E-state index >= 15 is 0 Å². The van der Waals surface area contributed by atoms with Crippen LogP contribution in [0.2, 0.25) is 0 Å². The molecule has 0 bridgehead atoms. The molecule has 0 fully saturated rings. The summed E-state index contributed by atoms with van der Waals surface area (Å²) in [6.07, 6.45) is 0. The van der Waals surface area contributed by atoms with Crippen molar-refractivity contribution in [2.75, 3.05) is 14.2 Å². The average Bonchev–Trinajstić information content (AvgIpc) is 2.52. The van der Waals surface area contributed by atoms with Gasteiger partial charge in [-0.2, -0.15) is 0 Å². The molecule has 110 valence electrons. The Morgan fingerprint density at radius 2 is 1.67 bits per heavy atom. The van der Waals surface area contributed by atoms with Crippen LogP contribution < -0.4 is 19.9 Å². The Kier molecular flexibility index (Phi) is 4.66. The van der Waals surface area contributed by atoms with Crippen molar-refractivity contribution in [1.29, 1.82) is 5.41 Å². The highest BCUT2D eigenvalue weighted by atomic mass is 16.5. The second-order valence-corrected chi connectivity index (χ2v) is 4.37. The van der Waals surface area contributed by atoms with Gasteiger partial charge in [0.15, 0.2) is 0 Å². The van der Waals surface area contributed by atoms with Crippen LogP contribution in [-0.2, 0) is 6.61 Å². The first-order chi connectivity index (χ1) is 10.2. The van der Waals surface area contributed by atoms with E-state index in [1.165, 1.54) is 0 Å². The van der Waals surface area contributed by atoms with Crippen LogP contribution in [0, 0.1) is 5.41 Å². The summed E-state index contributed by atoms with van der Waals surface area (Å²) in [6, 6.07) is 12.7. The summed E-state index contributed by atoms with van der Waals surface area (Å²) in [5.41, 5.74) is 6.92. The molecular weight excluding hydrogens is 268 g/mol. The number of rotatable bonds is 6. The second-order valence-electron chi connectivity index (χ2n) is 4.37. The first kappa shape index (κ1) is 14.7. The number of ether oxygens (including phenoxy) is 3. The molecular formula is C16H18N2O3. The molecule has 5 heteroatoms. The largest absolute Gasteiger partial charge is 0.496 e. The molecule has 0 amide bonds. The summed E-state index contributed by atoms with van der Waals surface area (Å²) in [7, 11) is 3.21. The number of amidine groups is 1. The number of methoxy groups -OCH3 is 2. The van der Waals surface area contributed by atoms with Crippen LogP contribution in [0.15, 0.2) is 42.5 Å². The van der Waals surface area contributed by atoms with Gasteiger partial charge in [-0.1, -0.05) is 18.2 Å². The highest BCUT2D eigenvalue weighted by Gasteiger charge is 2.10. The van der Waals surface area contributed by atoms with E-state index in [1.807, 2.05) is 24.3 Å². The van der Waals surface area contributed by atoms with E-state index in [0.29, 0.717) is 29.4 Å². The highest BCUT2D eigenvalue weighted by Crippen LogP contribution is 2.29. The third-order valence-electron chi connectivity index (χ3n) is 3.06. The number of nitrogen functional groups attached to an aromatic ring is 1. The van der Waals surface area contributed by atoms with Crippen LogP contribution in [-0.4, -0.2) is 20.1 Å². The first-order valence-corrected chi connectivity index (χ1v) is 6.43. The molecule has 0 saturated heterocycles. The molecule has 0 saturated carbocycles. The maximum absolute atomic E-state index is 7.44. The van der Waals surface area contributed by atoms with E-state index in [1.54, 1.807) is 32.4 Å². The number of nitrogens with one attached hydrogen (secondary N) is 1. The molecule has 0 unspecified atom stereocenters. The third kappa shape index (κ3) is 3.45. The van der Waals surface area contributed by atoms with Crippen molar-refractivity contribution >= 4 is 5.84 Å². The van der Waals surface area contributed by atoms with Gasteiger partial charge in [0.25, 0.3) is 0 Å². The second kappa shape index (κ2) is 6.65. The van der Waals surface area contributed by atoms with Crippen molar-refractivity contribution in [2.45, 2.75) is 6.61 Å². The van der Waals surface area contributed by atoms with E-state index in [2.05, 4.69) is 0 Å². The van der Waals surface area contributed by atoms with Gasteiger partial charge in [0, 0.05) is 5.56 Å². The molecule has 21 heavy (non-hydrogen) atoms. The number of hydrogen-bond donors (Lipinski definition) is 2. The summed E-state index contributed by atoms with van der Waals surface area (Å²) in [5.74, 6) is 2.06. The van der Waals surface area contributed by atoms with Crippen LogP contribution in [0.25, 0.3) is 0 Å². The van der Waals surface area contributed by atoms with Crippen LogP contribution in [0.3, 0.4) is 0 Å². The summed E-state index contributed by atoms with van der Waals surface area (Å²) >= 11 is 0. The minimum Gasteiger partial charge on any atom is -0.496 e. The summed E-state index contributed by atoms with van der Waals surface area (Å²) in [6.45, 7) is 0.300. The molecule has 0 aliphatic carbocycles. The number of hydrogen-bond acceptors (Lipinski definition) is 4. The zero-order valence-corrected chi connectivity index (χ0v) is 12.1. The van der Waals surface area contributed by atoms with Gasteiger partial charge in [-0.25, -0.2) is 0 Å².